The van der Waals surface area contributed by atoms with Gasteiger partial charge in [0, 0.05) is 12.1 Å². The molecule has 0 aliphatic heterocycles. The molecule has 0 saturated heterocycles. The molecule has 0 amide bonds. The lowest BCUT2D eigenvalue weighted by Crippen LogP contribution is -2.58. The molecule has 2 atom stereocenters. The summed E-state index contributed by atoms with van der Waals surface area (Å²) < 4.78 is 0. The van der Waals surface area contributed by atoms with Gasteiger partial charge in [0.15, 0.2) is 0 Å². The van der Waals surface area contributed by atoms with E-state index in [0.29, 0.717) is 12.1 Å². The first-order valence-corrected chi connectivity index (χ1v) is 5.55. The van der Waals surface area contributed by atoms with Crippen molar-refractivity contribution in [3.05, 3.63) is 0 Å². The van der Waals surface area contributed by atoms with Crippen LogP contribution in [0, 0.1) is 0 Å². The number of hydrogen-bond acceptors (Lipinski definition) is 4. The zero-order valence-corrected chi connectivity index (χ0v) is 10.8. The Morgan fingerprint density at radius 1 is 1.00 bits per heavy atom. The second kappa shape index (κ2) is 6.43. The zero-order valence-electron chi connectivity index (χ0n) is 10.8. The minimum atomic E-state index is -0.732. The van der Waals surface area contributed by atoms with Crippen LogP contribution in [0.4, 0.5) is 0 Å². The topological polar surface area (TPSA) is 46.9 Å². The molecule has 2 unspecified atom stereocenters. The monoisotopic (exact) mass is 218 g/mol. The van der Waals surface area contributed by atoms with Crippen molar-refractivity contribution < 1.29 is 10.2 Å². The fourth-order valence-corrected chi connectivity index (χ4v) is 2.11. The molecule has 0 bridgehead atoms. The largest absolute Gasteiger partial charge is 0.394 e. The second-order valence-corrected chi connectivity index (χ2v) is 4.76. The van der Waals surface area contributed by atoms with Crippen LogP contribution in [0.2, 0.25) is 0 Å². The van der Waals surface area contributed by atoms with Crippen LogP contribution in [0.25, 0.3) is 0 Å². The average Bonchev–Trinajstić information content (AvgIpc) is 2.10. The highest BCUT2D eigenvalue weighted by Gasteiger charge is 2.30. The smallest absolute Gasteiger partial charge is 0.106 e. The molecule has 0 spiro atoms. The molecule has 0 aliphatic carbocycles. The third-order valence-corrected chi connectivity index (χ3v) is 2.56. The lowest BCUT2D eigenvalue weighted by atomic mass is 10.1. The van der Waals surface area contributed by atoms with Crippen molar-refractivity contribution in [2.24, 2.45) is 0 Å². The van der Waals surface area contributed by atoms with Gasteiger partial charge in [-0.15, -0.1) is 0 Å². The summed E-state index contributed by atoms with van der Waals surface area (Å²) in [6.07, 6.45) is -0.875. The maximum atomic E-state index is 9.82. The van der Waals surface area contributed by atoms with Crippen LogP contribution in [-0.4, -0.2) is 65.1 Å². The van der Waals surface area contributed by atoms with Crippen LogP contribution in [0.5, 0.6) is 0 Å². The summed E-state index contributed by atoms with van der Waals surface area (Å²) in [4.78, 5) is 4.14. The highest BCUT2D eigenvalue weighted by molar-refractivity contribution is 4.81. The van der Waals surface area contributed by atoms with Crippen LogP contribution < -0.4 is 0 Å². The number of aliphatic hydroxyl groups is 2. The molecular weight excluding hydrogens is 192 g/mol. The number of likely N-dealkylation sites (N-methyl/N-ethyl adjacent to an activating group) is 1. The van der Waals surface area contributed by atoms with Crippen molar-refractivity contribution in [1.82, 2.24) is 9.80 Å². The van der Waals surface area contributed by atoms with Gasteiger partial charge in [-0.05, 0) is 41.8 Å². The van der Waals surface area contributed by atoms with Gasteiger partial charge in [-0.25, -0.2) is 0 Å². The zero-order chi connectivity index (χ0) is 12.2. The Balaban J connectivity index is 4.84. The van der Waals surface area contributed by atoms with Crippen molar-refractivity contribution in [3.8, 4) is 0 Å². The van der Waals surface area contributed by atoms with Crippen LogP contribution in [0.3, 0.4) is 0 Å². The molecule has 0 aromatic rings. The van der Waals surface area contributed by atoms with Crippen molar-refractivity contribution in [3.63, 3.8) is 0 Å². The minimum Gasteiger partial charge on any atom is -0.394 e. The molecule has 0 heterocycles. The van der Waals surface area contributed by atoms with E-state index in [-0.39, 0.29) is 12.8 Å². The summed E-state index contributed by atoms with van der Waals surface area (Å²) in [5.41, 5.74) is 0. The molecule has 0 aliphatic rings. The first-order chi connectivity index (χ1) is 6.82. The summed E-state index contributed by atoms with van der Waals surface area (Å²) in [5.74, 6) is 0. The summed E-state index contributed by atoms with van der Waals surface area (Å²) in [5, 5.41) is 18.9. The van der Waals surface area contributed by atoms with E-state index >= 15 is 0 Å². The van der Waals surface area contributed by atoms with Gasteiger partial charge in [0.1, 0.15) is 6.10 Å². The quantitative estimate of drug-likeness (QED) is 0.631. The SMILES string of the molecule is CC(C)N(C(C)C)C(C(O)CO)N(C)C. The lowest BCUT2D eigenvalue weighted by molar-refractivity contribution is -0.0738. The number of hydrogen-bond donors (Lipinski definition) is 2. The maximum Gasteiger partial charge on any atom is 0.106 e. The van der Waals surface area contributed by atoms with Gasteiger partial charge in [-0.2, -0.15) is 0 Å². The van der Waals surface area contributed by atoms with E-state index < -0.39 is 6.10 Å². The van der Waals surface area contributed by atoms with E-state index in [9.17, 15) is 5.11 Å². The Morgan fingerprint density at radius 3 is 1.60 bits per heavy atom. The Labute approximate surface area is 93.5 Å². The van der Waals surface area contributed by atoms with Crippen molar-refractivity contribution in [2.75, 3.05) is 20.7 Å². The molecule has 15 heavy (non-hydrogen) atoms. The maximum absolute atomic E-state index is 9.82. The summed E-state index contributed by atoms with van der Waals surface area (Å²) in [6.45, 7) is 8.18. The molecule has 0 rings (SSSR count). The summed E-state index contributed by atoms with van der Waals surface area (Å²) >= 11 is 0. The van der Waals surface area contributed by atoms with Crippen LogP contribution in [0.1, 0.15) is 27.7 Å². The Bertz CT molecular complexity index is 164. The van der Waals surface area contributed by atoms with E-state index in [0.717, 1.165) is 0 Å². The van der Waals surface area contributed by atoms with E-state index in [1.165, 1.54) is 0 Å². The van der Waals surface area contributed by atoms with Crippen molar-refractivity contribution >= 4 is 0 Å². The van der Waals surface area contributed by atoms with Gasteiger partial charge in [0.05, 0.1) is 12.8 Å². The molecule has 0 aromatic carbocycles. The standard InChI is InChI=1S/C11H26N2O2/c1-8(2)13(9(3)4)11(12(5)6)10(15)7-14/h8-11,14-15H,7H2,1-6H3. The predicted octanol–water partition coefficient (Wildman–Crippen LogP) is 0.346. The van der Waals surface area contributed by atoms with Crippen LogP contribution in [-0.2, 0) is 0 Å². The van der Waals surface area contributed by atoms with Gasteiger partial charge in [0.25, 0.3) is 0 Å². The van der Waals surface area contributed by atoms with E-state index in [4.69, 9.17) is 5.11 Å². The Kier molecular flexibility index (Phi) is 6.36. The van der Waals surface area contributed by atoms with Gasteiger partial charge >= 0.3 is 0 Å². The number of aliphatic hydroxyl groups excluding tert-OH is 2. The Hall–Kier alpha value is -0.160. The normalized spacial score (nSPS) is 16.8. The molecular formula is C11H26N2O2. The molecule has 0 saturated carbocycles. The third-order valence-electron chi connectivity index (χ3n) is 2.56. The molecule has 92 valence electrons. The van der Waals surface area contributed by atoms with Crippen LogP contribution >= 0.6 is 0 Å². The Morgan fingerprint density at radius 2 is 1.40 bits per heavy atom. The summed E-state index contributed by atoms with van der Waals surface area (Å²) in [7, 11) is 3.84. The first-order valence-electron chi connectivity index (χ1n) is 5.55. The van der Waals surface area contributed by atoms with E-state index in [1.54, 1.807) is 0 Å². The molecule has 4 nitrogen and oxygen atoms in total. The third kappa shape index (κ3) is 4.07. The minimum absolute atomic E-state index is 0.144. The molecule has 0 aromatic heterocycles. The average molecular weight is 218 g/mol. The van der Waals surface area contributed by atoms with E-state index in [2.05, 4.69) is 32.6 Å². The fourth-order valence-electron chi connectivity index (χ4n) is 2.11. The van der Waals surface area contributed by atoms with Crippen LogP contribution in [0.15, 0.2) is 0 Å². The second-order valence-electron chi connectivity index (χ2n) is 4.76. The molecule has 2 N–H and O–H groups in total. The van der Waals surface area contributed by atoms with Gasteiger partial charge in [0.2, 0.25) is 0 Å². The van der Waals surface area contributed by atoms with Gasteiger partial charge in [-0.1, -0.05) is 0 Å². The highest BCUT2D eigenvalue weighted by Crippen LogP contribution is 2.15. The predicted molar refractivity (Wildman–Crippen MR) is 62.7 cm³/mol. The van der Waals surface area contributed by atoms with Gasteiger partial charge < -0.3 is 10.2 Å². The molecule has 4 heteroatoms. The summed E-state index contributed by atoms with van der Waals surface area (Å²) in [6, 6.07) is 0.664. The fraction of sp³-hybridized carbons (Fsp3) is 1.00. The molecule has 0 radical (unpaired) electrons. The van der Waals surface area contributed by atoms with Crippen molar-refractivity contribution in [2.45, 2.75) is 52.0 Å². The first kappa shape index (κ1) is 14.8. The van der Waals surface area contributed by atoms with E-state index in [1.807, 2.05) is 19.0 Å². The highest BCUT2D eigenvalue weighted by atomic mass is 16.3. The number of nitrogens with zero attached hydrogens (tertiary/aromatic N) is 2. The lowest BCUT2D eigenvalue weighted by Gasteiger charge is -2.43. The molecule has 0 fully saturated rings. The number of rotatable bonds is 6. The van der Waals surface area contributed by atoms with Crippen molar-refractivity contribution in [1.29, 1.82) is 0 Å². The van der Waals surface area contributed by atoms with Gasteiger partial charge in [-0.3, -0.25) is 9.80 Å².